The summed E-state index contributed by atoms with van der Waals surface area (Å²) in [4.78, 5) is 11.6. The summed E-state index contributed by atoms with van der Waals surface area (Å²) in [6, 6.07) is 0. The molecule has 3 heterocycles. The molecule has 0 aromatic carbocycles. The van der Waals surface area contributed by atoms with Crippen LogP contribution in [-0.4, -0.2) is 70.1 Å². The maximum Gasteiger partial charge on any atom is 0.334 e. The van der Waals surface area contributed by atoms with Gasteiger partial charge in [-0.1, -0.05) is 96.8 Å². The van der Waals surface area contributed by atoms with Crippen LogP contribution in [0.2, 0.25) is 0 Å². The van der Waals surface area contributed by atoms with Gasteiger partial charge in [0.25, 0.3) is 0 Å². The van der Waals surface area contributed by atoms with E-state index in [1.807, 2.05) is 13.0 Å². The van der Waals surface area contributed by atoms with Crippen LogP contribution in [0.25, 0.3) is 0 Å². The zero-order valence-corrected chi connectivity index (χ0v) is 28.1. The first-order valence-corrected chi connectivity index (χ1v) is 18.6. The summed E-state index contributed by atoms with van der Waals surface area (Å²) < 4.78 is 17.7. The smallest absolute Gasteiger partial charge is 0.334 e. The van der Waals surface area contributed by atoms with Crippen molar-refractivity contribution in [2.45, 2.75) is 217 Å². The fourth-order valence-electron chi connectivity index (χ4n) is 7.27. The third-order valence-corrected chi connectivity index (χ3v) is 10.1. The second kappa shape index (κ2) is 21.7. The van der Waals surface area contributed by atoms with E-state index < -0.39 is 6.10 Å². The maximum absolute atomic E-state index is 11.6. The Morgan fingerprint density at radius 3 is 1.64 bits per heavy atom. The van der Waals surface area contributed by atoms with Gasteiger partial charge in [-0.15, -0.1) is 0 Å². The van der Waals surface area contributed by atoms with Crippen molar-refractivity contribution in [1.29, 1.82) is 0 Å². The van der Waals surface area contributed by atoms with Gasteiger partial charge in [-0.25, -0.2) is 4.79 Å². The summed E-state index contributed by atoms with van der Waals surface area (Å²) in [5.41, 5.74) is 0.828. The van der Waals surface area contributed by atoms with E-state index in [2.05, 4.69) is 6.92 Å². The van der Waals surface area contributed by atoms with Crippen molar-refractivity contribution in [1.82, 2.24) is 0 Å². The van der Waals surface area contributed by atoms with Gasteiger partial charge in [0.05, 0.1) is 42.7 Å². The highest BCUT2D eigenvalue weighted by atomic mass is 16.6. The van der Waals surface area contributed by atoms with Gasteiger partial charge < -0.3 is 29.5 Å². The van der Waals surface area contributed by atoms with Crippen LogP contribution in [0.15, 0.2) is 11.6 Å². The van der Waals surface area contributed by atoms with Gasteiger partial charge in [0.15, 0.2) is 0 Å². The average Bonchev–Trinajstić information content (AvgIpc) is 3.76. The van der Waals surface area contributed by atoms with E-state index in [4.69, 9.17) is 14.2 Å². The summed E-state index contributed by atoms with van der Waals surface area (Å²) in [6.45, 7) is 4.14. The number of unbranched alkanes of at least 4 members (excludes halogenated alkanes) is 12. The molecule has 3 N–H and O–H groups in total. The quantitative estimate of drug-likeness (QED) is 0.0703. The lowest BCUT2D eigenvalue weighted by molar-refractivity contribution is -0.139. The van der Waals surface area contributed by atoms with Crippen molar-refractivity contribution in [2.24, 2.45) is 0 Å². The van der Waals surface area contributed by atoms with Crippen molar-refractivity contribution in [2.75, 3.05) is 0 Å². The first-order valence-electron chi connectivity index (χ1n) is 18.6. The van der Waals surface area contributed by atoms with Crippen LogP contribution in [0.1, 0.15) is 168 Å². The molecule has 7 heteroatoms. The van der Waals surface area contributed by atoms with Gasteiger partial charge in [0, 0.05) is 5.57 Å². The molecule has 0 radical (unpaired) electrons. The average molecular weight is 623 g/mol. The van der Waals surface area contributed by atoms with Crippen molar-refractivity contribution in [3.8, 4) is 0 Å². The van der Waals surface area contributed by atoms with Gasteiger partial charge >= 0.3 is 5.97 Å². The monoisotopic (exact) mass is 622 g/mol. The van der Waals surface area contributed by atoms with Crippen LogP contribution >= 0.6 is 0 Å². The number of cyclic esters (lactones) is 1. The van der Waals surface area contributed by atoms with Crippen LogP contribution < -0.4 is 0 Å². The minimum atomic E-state index is -0.466. The minimum absolute atomic E-state index is 0.0248. The molecule has 0 bridgehead atoms. The zero-order valence-electron chi connectivity index (χ0n) is 28.1. The molecule has 3 aliphatic rings. The number of hydrogen-bond donors (Lipinski definition) is 3. The second-order valence-electron chi connectivity index (χ2n) is 14.0. The van der Waals surface area contributed by atoms with E-state index in [-0.39, 0.29) is 48.7 Å². The van der Waals surface area contributed by atoms with Crippen LogP contribution in [0.4, 0.5) is 0 Å². The fraction of sp³-hybridized carbons (Fsp3) is 0.919. The number of carbonyl (C=O) groups is 1. The lowest BCUT2D eigenvalue weighted by atomic mass is 9.99. The molecule has 2 fully saturated rings. The predicted molar refractivity (Wildman–Crippen MR) is 175 cm³/mol. The molecule has 0 aromatic rings. The molecule has 0 aromatic heterocycles. The SMILES string of the molecule is CCCCCCCCCC[C@H](O)[C@H]1CC[C@H]([C@H]2CC[C@@H]([C@H](O)CCCC[C@H](O)CCCCCCCC3=C[C@@H](C)OC3=O)O2)O1. The van der Waals surface area contributed by atoms with E-state index in [9.17, 15) is 20.1 Å². The summed E-state index contributed by atoms with van der Waals surface area (Å²) in [6.07, 6.45) is 25.6. The lowest BCUT2D eigenvalue weighted by Crippen LogP contribution is -2.33. The largest absolute Gasteiger partial charge is 0.455 e. The Hall–Kier alpha value is -0.990. The van der Waals surface area contributed by atoms with Gasteiger partial charge in [-0.05, 0) is 77.2 Å². The van der Waals surface area contributed by atoms with Crippen molar-refractivity contribution < 1.29 is 34.3 Å². The van der Waals surface area contributed by atoms with Crippen molar-refractivity contribution in [3.05, 3.63) is 11.6 Å². The highest BCUT2D eigenvalue weighted by Crippen LogP contribution is 2.34. The maximum atomic E-state index is 11.6. The number of carbonyl (C=O) groups excluding carboxylic acids is 1. The highest BCUT2D eigenvalue weighted by Gasteiger charge is 2.40. The van der Waals surface area contributed by atoms with E-state index in [1.54, 1.807) is 0 Å². The van der Waals surface area contributed by atoms with Crippen LogP contribution in [-0.2, 0) is 19.0 Å². The van der Waals surface area contributed by atoms with Crippen LogP contribution in [0, 0.1) is 0 Å². The zero-order chi connectivity index (χ0) is 31.6. The number of esters is 1. The van der Waals surface area contributed by atoms with Gasteiger partial charge in [-0.3, -0.25) is 0 Å². The minimum Gasteiger partial charge on any atom is -0.455 e. The van der Waals surface area contributed by atoms with Crippen LogP contribution in [0.3, 0.4) is 0 Å². The lowest BCUT2D eigenvalue weighted by Gasteiger charge is -2.24. The number of aliphatic hydroxyl groups excluding tert-OH is 3. The molecule has 8 atom stereocenters. The summed E-state index contributed by atoms with van der Waals surface area (Å²) in [7, 11) is 0. The number of aliphatic hydroxyl groups is 3. The molecule has 2 saturated heterocycles. The van der Waals surface area contributed by atoms with Gasteiger partial charge in [-0.2, -0.15) is 0 Å². The Kier molecular flexibility index (Phi) is 18.5. The first-order chi connectivity index (χ1) is 21.4. The molecule has 256 valence electrons. The molecule has 0 aliphatic carbocycles. The standard InChI is InChI=1S/C37H66O7/c1-3-4-5-6-7-8-12-15-21-31(39)33-23-25-35(43-33)36-26-24-34(44-36)32(40)22-17-16-20-30(38)19-14-11-9-10-13-18-29-27-28(2)42-37(29)41/h27-28,30-36,38-40H,3-26H2,1-2H3/t28-,30-,31+,32-,33-,34+,35-,36-/m1/s1. The Labute approximate surface area is 268 Å². The molecular formula is C37H66O7. The molecule has 0 amide bonds. The Morgan fingerprint density at radius 2 is 1.11 bits per heavy atom. The van der Waals surface area contributed by atoms with Crippen molar-refractivity contribution >= 4 is 5.97 Å². The third kappa shape index (κ3) is 14.2. The normalized spacial score (nSPS) is 27.4. The first kappa shape index (κ1) is 37.5. The summed E-state index contributed by atoms with van der Waals surface area (Å²) >= 11 is 0. The van der Waals surface area contributed by atoms with E-state index in [0.717, 1.165) is 108 Å². The topological polar surface area (TPSA) is 105 Å². The van der Waals surface area contributed by atoms with Gasteiger partial charge in [0.2, 0.25) is 0 Å². The molecule has 0 unspecified atom stereocenters. The predicted octanol–water partition coefficient (Wildman–Crippen LogP) is 7.86. The summed E-state index contributed by atoms with van der Waals surface area (Å²) in [5, 5.41) is 31.8. The van der Waals surface area contributed by atoms with Gasteiger partial charge in [0.1, 0.15) is 6.10 Å². The molecular weight excluding hydrogens is 556 g/mol. The van der Waals surface area contributed by atoms with E-state index >= 15 is 0 Å². The Morgan fingerprint density at radius 1 is 0.659 bits per heavy atom. The van der Waals surface area contributed by atoms with E-state index in [1.165, 1.54) is 44.9 Å². The molecule has 0 saturated carbocycles. The van der Waals surface area contributed by atoms with Crippen molar-refractivity contribution in [3.63, 3.8) is 0 Å². The highest BCUT2D eigenvalue weighted by molar-refractivity contribution is 5.90. The Bertz CT molecular complexity index is 801. The Balaban J connectivity index is 1.14. The molecule has 3 aliphatic heterocycles. The molecule has 3 rings (SSSR count). The molecule has 44 heavy (non-hydrogen) atoms. The number of ether oxygens (including phenoxy) is 3. The number of hydrogen-bond acceptors (Lipinski definition) is 7. The summed E-state index contributed by atoms with van der Waals surface area (Å²) in [5.74, 6) is -0.152. The molecule has 7 nitrogen and oxygen atoms in total. The molecule has 0 spiro atoms. The fourth-order valence-corrected chi connectivity index (χ4v) is 7.27. The van der Waals surface area contributed by atoms with Crippen LogP contribution in [0.5, 0.6) is 0 Å². The van der Waals surface area contributed by atoms with E-state index in [0.29, 0.717) is 6.42 Å². The second-order valence-corrected chi connectivity index (χ2v) is 14.0. The third-order valence-electron chi connectivity index (χ3n) is 10.1. The number of rotatable bonds is 25.